The second-order valence-electron chi connectivity index (χ2n) is 7.74. The first-order valence-electron chi connectivity index (χ1n) is 9.64. The van der Waals surface area contributed by atoms with Gasteiger partial charge in [-0.15, -0.1) is 0 Å². The Morgan fingerprint density at radius 1 is 0.786 bits per heavy atom. The molecule has 142 valence electrons. The van der Waals surface area contributed by atoms with Crippen LogP contribution < -0.4 is 0 Å². The Morgan fingerprint density at radius 3 is 2.04 bits per heavy atom. The Morgan fingerprint density at radius 2 is 1.39 bits per heavy atom. The second-order valence-corrected chi connectivity index (χ2v) is 7.74. The lowest BCUT2D eigenvalue weighted by Gasteiger charge is -2.10. The minimum absolute atomic E-state index is 0.164. The average molecular weight is 371 g/mol. The molecule has 0 bridgehead atoms. The Balaban J connectivity index is 1.47. The second kappa shape index (κ2) is 7.99. The van der Waals surface area contributed by atoms with Crippen molar-refractivity contribution in [1.29, 1.82) is 0 Å². The van der Waals surface area contributed by atoms with Crippen LogP contribution in [0.15, 0.2) is 83.9 Å². The van der Waals surface area contributed by atoms with Gasteiger partial charge in [0, 0.05) is 5.56 Å². The average Bonchev–Trinajstić information content (AvgIpc) is 3.09. The van der Waals surface area contributed by atoms with Crippen molar-refractivity contribution < 1.29 is 9.47 Å². The van der Waals surface area contributed by atoms with Crippen molar-refractivity contribution >= 4 is 5.90 Å². The van der Waals surface area contributed by atoms with E-state index in [-0.39, 0.29) is 5.54 Å². The molecule has 0 amide bonds. The first kappa shape index (κ1) is 18.5. The molecule has 28 heavy (non-hydrogen) atoms. The monoisotopic (exact) mass is 371 g/mol. The van der Waals surface area contributed by atoms with Crippen LogP contribution in [0.5, 0.6) is 0 Å². The smallest absolute Gasteiger partial charge is 0.217 e. The number of hydrogen-bond donors (Lipinski definition) is 0. The molecular weight excluding hydrogens is 346 g/mol. The van der Waals surface area contributed by atoms with Crippen LogP contribution in [-0.2, 0) is 22.7 Å². The molecule has 0 aromatic heterocycles. The van der Waals surface area contributed by atoms with Gasteiger partial charge in [-0.1, -0.05) is 72.8 Å². The van der Waals surface area contributed by atoms with Crippen LogP contribution in [0, 0.1) is 0 Å². The molecule has 0 saturated heterocycles. The molecule has 1 heterocycles. The molecule has 1 aliphatic rings. The molecule has 0 fully saturated rings. The van der Waals surface area contributed by atoms with Gasteiger partial charge in [0.2, 0.25) is 5.90 Å². The zero-order valence-corrected chi connectivity index (χ0v) is 16.4. The Hall–Kier alpha value is -2.91. The molecule has 3 nitrogen and oxygen atoms in total. The largest absolute Gasteiger partial charge is 0.475 e. The van der Waals surface area contributed by atoms with E-state index in [0.717, 1.165) is 28.2 Å². The zero-order valence-electron chi connectivity index (χ0n) is 16.4. The van der Waals surface area contributed by atoms with Crippen LogP contribution >= 0.6 is 0 Å². The molecule has 0 atom stereocenters. The van der Waals surface area contributed by atoms with Gasteiger partial charge in [0.25, 0.3) is 0 Å². The number of benzene rings is 3. The van der Waals surface area contributed by atoms with E-state index in [1.807, 2.05) is 24.3 Å². The highest BCUT2D eigenvalue weighted by atomic mass is 16.5. The van der Waals surface area contributed by atoms with Gasteiger partial charge in [-0.3, -0.25) is 0 Å². The highest BCUT2D eigenvalue weighted by Crippen LogP contribution is 2.29. The van der Waals surface area contributed by atoms with E-state index < -0.39 is 0 Å². The molecule has 0 N–H and O–H groups in total. The maximum Gasteiger partial charge on any atom is 0.217 e. The summed E-state index contributed by atoms with van der Waals surface area (Å²) in [6.07, 6.45) is 0. The highest BCUT2D eigenvalue weighted by Gasteiger charge is 2.28. The van der Waals surface area contributed by atoms with Gasteiger partial charge in [-0.2, -0.15) is 0 Å². The summed E-state index contributed by atoms with van der Waals surface area (Å²) in [5, 5.41) is 0. The summed E-state index contributed by atoms with van der Waals surface area (Å²) >= 11 is 0. The summed E-state index contributed by atoms with van der Waals surface area (Å²) < 4.78 is 11.7. The molecule has 0 saturated carbocycles. The summed E-state index contributed by atoms with van der Waals surface area (Å²) in [6, 6.07) is 27.0. The van der Waals surface area contributed by atoms with Crippen molar-refractivity contribution in [1.82, 2.24) is 0 Å². The molecule has 3 aromatic carbocycles. The highest BCUT2D eigenvalue weighted by molar-refractivity contribution is 6.01. The van der Waals surface area contributed by atoms with Gasteiger partial charge in [-0.05, 0) is 42.2 Å². The van der Waals surface area contributed by atoms with Crippen LogP contribution in [0.25, 0.3) is 11.1 Å². The van der Waals surface area contributed by atoms with Crippen LogP contribution in [0.3, 0.4) is 0 Å². The van der Waals surface area contributed by atoms with Crippen molar-refractivity contribution in [2.45, 2.75) is 32.6 Å². The number of nitrogens with zero attached hydrogens (tertiary/aromatic N) is 1. The molecule has 0 unspecified atom stereocenters. The molecule has 4 rings (SSSR count). The molecule has 0 aliphatic carbocycles. The van der Waals surface area contributed by atoms with Gasteiger partial charge < -0.3 is 9.47 Å². The first-order chi connectivity index (χ1) is 13.6. The lowest BCUT2D eigenvalue weighted by molar-refractivity contribution is 0.107. The van der Waals surface area contributed by atoms with E-state index in [0.29, 0.717) is 19.8 Å². The summed E-state index contributed by atoms with van der Waals surface area (Å²) in [5.41, 5.74) is 5.51. The standard InChI is InChI=1S/C25H25NO2/c1-25(2)18-28-24(26-25)23-11-7-6-10-22(23)21-14-12-20(13-15-21)17-27-16-19-8-4-3-5-9-19/h3-15H,16-18H2,1-2H3. The molecule has 3 aromatic rings. The third-order valence-corrected chi connectivity index (χ3v) is 4.77. The summed E-state index contributed by atoms with van der Waals surface area (Å²) in [6.45, 7) is 6.02. The van der Waals surface area contributed by atoms with E-state index in [9.17, 15) is 0 Å². The topological polar surface area (TPSA) is 30.8 Å². The zero-order chi connectivity index (χ0) is 19.4. The Kier molecular flexibility index (Phi) is 5.27. The molecule has 3 heteroatoms. The third-order valence-electron chi connectivity index (χ3n) is 4.77. The van der Waals surface area contributed by atoms with Crippen molar-refractivity contribution in [2.24, 2.45) is 4.99 Å². The lowest BCUT2D eigenvalue weighted by Crippen LogP contribution is -2.17. The minimum atomic E-state index is -0.164. The van der Waals surface area contributed by atoms with Crippen molar-refractivity contribution in [3.05, 3.63) is 95.6 Å². The number of ether oxygens (including phenoxy) is 2. The van der Waals surface area contributed by atoms with Crippen LogP contribution in [0.2, 0.25) is 0 Å². The fraction of sp³-hybridized carbons (Fsp3) is 0.240. The quantitative estimate of drug-likeness (QED) is 0.562. The van der Waals surface area contributed by atoms with Gasteiger partial charge in [-0.25, -0.2) is 4.99 Å². The van der Waals surface area contributed by atoms with E-state index in [4.69, 9.17) is 14.5 Å². The fourth-order valence-corrected chi connectivity index (χ4v) is 3.29. The lowest BCUT2D eigenvalue weighted by atomic mass is 9.98. The summed E-state index contributed by atoms with van der Waals surface area (Å²) in [4.78, 5) is 4.74. The Labute approximate surface area is 166 Å². The van der Waals surface area contributed by atoms with Crippen molar-refractivity contribution in [3.8, 4) is 11.1 Å². The summed E-state index contributed by atoms with van der Waals surface area (Å²) in [7, 11) is 0. The number of aliphatic imine (C=N–C) groups is 1. The van der Waals surface area contributed by atoms with Crippen LogP contribution in [0.1, 0.15) is 30.5 Å². The first-order valence-corrected chi connectivity index (χ1v) is 9.64. The van der Waals surface area contributed by atoms with Gasteiger partial charge >= 0.3 is 0 Å². The minimum Gasteiger partial charge on any atom is -0.475 e. The molecule has 0 radical (unpaired) electrons. The van der Waals surface area contributed by atoms with E-state index in [1.165, 1.54) is 5.56 Å². The van der Waals surface area contributed by atoms with Gasteiger partial charge in [0.15, 0.2) is 0 Å². The normalized spacial score (nSPS) is 15.1. The van der Waals surface area contributed by atoms with Crippen LogP contribution in [0.4, 0.5) is 0 Å². The SMILES string of the molecule is CC1(C)COC(c2ccccc2-c2ccc(COCc3ccccc3)cc2)=N1. The van der Waals surface area contributed by atoms with E-state index >= 15 is 0 Å². The maximum absolute atomic E-state index is 5.87. The maximum atomic E-state index is 5.87. The summed E-state index contributed by atoms with van der Waals surface area (Å²) in [5.74, 6) is 0.732. The van der Waals surface area contributed by atoms with Crippen LogP contribution in [-0.4, -0.2) is 18.0 Å². The van der Waals surface area contributed by atoms with Crippen molar-refractivity contribution in [2.75, 3.05) is 6.61 Å². The predicted octanol–water partition coefficient (Wildman–Crippen LogP) is 5.63. The number of rotatable bonds is 6. The predicted molar refractivity (Wildman–Crippen MR) is 113 cm³/mol. The van der Waals surface area contributed by atoms with Gasteiger partial charge in [0.1, 0.15) is 6.61 Å². The Bertz CT molecular complexity index is 959. The third kappa shape index (κ3) is 4.32. The molecule has 1 aliphatic heterocycles. The number of hydrogen-bond acceptors (Lipinski definition) is 3. The van der Waals surface area contributed by atoms with Gasteiger partial charge in [0.05, 0.1) is 18.8 Å². The fourth-order valence-electron chi connectivity index (χ4n) is 3.29. The van der Waals surface area contributed by atoms with E-state index in [1.54, 1.807) is 0 Å². The van der Waals surface area contributed by atoms with Crippen molar-refractivity contribution in [3.63, 3.8) is 0 Å². The molecular formula is C25H25NO2. The van der Waals surface area contributed by atoms with E-state index in [2.05, 4.69) is 68.4 Å². The molecule has 0 spiro atoms.